The van der Waals surface area contributed by atoms with E-state index in [0.29, 0.717) is 13.0 Å². The number of halogens is 2. The Kier molecular flexibility index (Phi) is 5.07. The van der Waals surface area contributed by atoms with Crippen LogP contribution >= 0.6 is 0 Å². The molecule has 1 heterocycles. The van der Waals surface area contributed by atoms with Crippen LogP contribution in [-0.2, 0) is 9.59 Å². The van der Waals surface area contributed by atoms with Crippen molar-refractivity contribution in [1.29, 1.82) is 0 Å². The molecule has 5 nitrogen and oxygen atoms in total. The van der Waals surface area contributed by atoms with E-state index in [4.69, 9.17) is 5.11 Å². The molecule has 0 spiro atoms. The minimum Gasteiger partial charge on any atom is -0.395 e. The van der Waals surface area contributed by atoms with Gasteiger partial charge in [0.05, 0.1) is 6.61 Å². The number of amides is 2. The summed E-state index contributed by atoms with van der Waals surface area (Å²) in [4.78, 5) is 27.4. The van der Waals surface area contributed by atoms with E-state index in [1.54, 1.807) is 6.92 Å². The van der Waals surface area contributed by atoms with E-state index in [2.05, 4.69) is 0 Å². The number of benzene rings is 1. The van der Waals surface area contributed by atoms with Gasteiger partial charge in [-0.2, -0.15) is 0 Å². The quantitative estimate of drug-likeness (QED) is 0.830. The van der Waals surface area contributed by atoms with E-state index in [-0.39, 0.29) is 31.3 Å². The average Bonchev–Trinajstić information content (AvgIpc) is 2.88. The summed E-state index contributed by atoms with van der Waals surface area (Å²) < 4.78 is 26.2. The average molecular weight is 312 g/mol. The van der Waals surface area contributed by atoms with Crippen LogP contribution in [-0.4, -0.2) is 48.1 Å². The van der Waals surface area contributed by atoms with Crippen LogP contribution in [0, 0.1) is 17.6 Å². The summed E-state index contributed by atoms with van der Waals surface area (Å²) in [6.45, 7) is 2.43. The fourth-order valence-corrected chi connectivity index (χ4v) is 2.58. The molecule has 1 N–H and O–H groups in total. The number of hydrogen-bond donors (Lipinski definition) is 1. The molecule has 1 aliphatic rings. The normalized spacial score (nSPS) is 17.9. The Morgan fingerprint density at radius 2 is 2.14 bits per heavy atom. The van der Waals surface area contributed by atoms with Crippen molar-refractivity contribution in [2.75, 3.05) is 31.1 Å². The topological polar surface area (TPSA) is 60.9 Å². The molecule has 1 saturated heterocycles. The maximum atomic E-state index is 13.3. The second-order valence-corrected chi connectivity index (χ2v) is 5.07. The minimum atomic E-state index is -1.03. The van der Waals surface area contributed by atoms with Gasteiger partial charge in [-0.3, -0.25) is 9.59 Å². The molecule has 0 radical (unpaired) electrons. The number of rotatable bonds is 5. The van der Waals surface area contributed by atoms with Crippen molar-refractivity contribution in [3.63, 3.8) is 0 Å². The van der Waals surface area contributed by atoms with E-state index in [1.807, 2.05) is 0 Å². The molecule has 120 valence electrons. The zero-order valence-electron chi connectivity index (χ0n) is 12.3. The van der Waals surface area contributed by atoms with Gasteiger partial charge in [0.1, 0.15) is 5.92 Å². The minimum absolute atomic E-state index is 0.171. The summed E-state index contributed by atoms with van der Waals surface area (Å²) in [5.74, 6) is -3.61. The van der Waals surface area contributed by atoms with Crippen LogP contribution in [0.15, 0.2) is 18.2 Å². The standard InChI is InChI=1S/C15H18F2N2O3/c1-2-18(7-8-20)14(21)11-5-6-19(15(11)22)10-3-4-12(16)13(17)9-10/h3-4,9,11,20H,2,5-8H2,1H3. The molecular formula is C15H18F2N2O3. The summed E-state index contributed by atoms with van der Waals surface area (Å²) in [5.41, 5.74) is 0.240. The highest BCUT2D eigenvalue weighted by atomic mass is 19.2. The lowest BCUT2D eigenvalue weighted by Gasteiger charge is -2.23. The Morgan fingerprint density at radius 1 is 1.41 bits per heavy atom. The van der Waals surface area contributed by atoms with Crippen LogP contribution in [0.1, 0.15) is 13.3 Å². The molecule has 2 amide bonds. The van der Waals surface area contributed by atoms with E-state index in [0.717, 1.165) is 12.1 Å². The molecule has 1 unspecified atom stereocenters. The first-order chi connectivity index (χ1) is 10.5. The summed E-state index contributed by atoms with van der Waals surface area (Å²) in [5, 5.41) is 8.95. The number of nitrogens with zero attached hydrogens (tertiary/aromatic N) is 2. The van der Waals surface area contributed by atoms with E-state index >= 15 is 0 Å². The van der Waals surface area contributed by atoms with Gasteiger partial charge in [0.2, 0.25) is 11.8 Å². The van der Waals surface area contributed by atoms with Crippen molar-refractivity contribution in [2.45, 2.75) is 13.3 Å². The highest BCUT2D eigenvalue weighted by molar-refractivity contribution is 6.09. The van der Waals surface area contributed by atoms with Crippen LogP contribution in [0.25, 0.3) is 0 Å². The Hall–Kier alpha value is -2.02. The van der Waals surface area contributed by atoms with Gasteiger partial charge >= 0.3 is 0 Å². The van der Waals surface area contributed by atoms with Gasteiger partial charge in [0.25, 0.3) is 0 Å². The molecule has 22 heavy (non-hydrogen) atoms. The highest BCUT2D eigenvalue weighted by Crippen LogP contribution is 2.27. The van der Waals surface area contributed by atoms with Gasteiger partial charge in [0.15, 0.2) is 11.6 Å². The number of carbonyl (C=O) groups excluding carboxylic acids is 2. The van der Waals surface area contributed by atoms with E-state index < -0.39 is 23.5 Å². The summed E-state index contributed by atoms with van der Waals surface area (Å²) in [7, 11) is 0. The molecule has 0 saturated carbocycles. The van der Waals surface area contributed by atoms with Crippen molar-refractivity contribution in [3.05, 3.63) is 29.8 Å². The van der Waals surface area contributed by atoms with Crippen LogP contribution in [0.2, 0.25) is 0 Å². The second kappa shape index (κ2) is 6.83. The SMILES string of the molecule is CCN(CCO)C(=O)C1CCN(c2ccc(F)c(F)c2)C1=O. The smallest absolute Gasteiger partial charge is 0.239 e. The Balaban J connectivity index is 2.15. The number of hydrogen-bond acceptors (Lipinski definition) is 3. The number of aliphatic hydroxyl groups is 1. The van der Waals surface area contributed by atoms with Crippen LogP contribution in [0.3, 0.4) is 0 Å². The third kappa shape index (κ3) is 3.09. The maximum Gasteiger partial charge on any atom is 0.239 e. The fraction of sp³-hybridized carbons (Fsp3) is 0.467. The molecule has 1 fully saturated rings. The first-order valence-corrected chi connectivity index (χ1v) is 7.15. The molecule has 7 heteroatoms. The molecule has 1 aromatic rings. The van der Waals surface area contributed by atoms with Crippen molar-refractivity contribution in [1.82, 2.24) is 4.90 Å². The van der Waals surface area contributed by atoms with E-state index in [1.165, 1.54) is 15.9 Å². The van der Waals surface area contributed by atoms with Gasteiger partial charge in [-0.1, -0.05) is 0 Å². The Bertz CT molecular complexity index is 580. The molecule has 1 atom stereocenters. The van der Waals surface area contributed by atoms with Gasteiger partial charge in [-0.25, -0.2) is 8.78 Å². The molecular weight excluding hydrogens is 294 g/mol. The lowest BCUT2D eigenvalue weighted by Crippen LogP contribution is -2.41. The van der Waals surface area contributed by atoms with Gasteiger partial charge < -0.3 is 14.9 Å². The van der Waals surface area contributed by atoms with Crippen molar-refractivity contribution >= 4 is 17.5 Å². The first-order valence-electron chi connectivity index (χ1n) is 7.15. The molecule has 0 aromatic heterocycles. The zero-order valence-corrected chi connectivity index (χ0v) is 12.3. The van der Waals surface area contributed by atoms with Gasteiger partial charge in [0, 0.05) is 31.4 Å². The molecule has 0 aliphatic carbocycles. The van der Waals surface area contributed by atoms with Crippen LogP contribution < -0.4 is 4.90 Å². The lowest BCUT2D eigenvalue weighted by atomic mass is 10.1. The zero-order chi connectivity index (χ0) is 16.3. The monoisotopic (exact) mass is 312 g/mol. The van der Waals surface area contributed by atoms with E-state index in [9.17, 15) is 18.4 Å². The molecule has 0 bridgehead atoms. The van der Waals surface area contributed by atoms with Crippen molar-refractivity contribution in [3.8, 4) is 0 Å². The largest absolute Gasteiger partial charge is 0.395 e. The number of anilines is 1. The van der Waals surface area contributed by atoms with Crippen LogP contribution in [0.4, 0.5) is 14.5 Å². The summed E-state index contributed by atoms with van der Waals surface area (Å²) in [6, 6.07) is 3.22. The molecule has 2 rings (SSSR count). The lowest BCUT2D eigenvalue weighted by molar-refractivity contribution is -0.140. The molecule has 1 aromatic carbocycles. The number of aliphatic hydroxyl groups excluding tert-OH is 1. The maximum absolute atomic E-state index is 13.3. The van der Waals surface area contributed by atoms with Gasteiger partial charge in [-0.05, 0) is 25.5 Å². The fourth-order valence-electron chi connectivity index (χ4n) is 2.58. The predicted molar refractivity (Wildman–Crippen MR) is 76.2 cm³/mol. The third-order valence-corrected chi connectivity index (χ3v) is 3.78. The predicted octanol–water partition coefficient (Wildman–Crippen LogP) is 1.16. The first kappa shape index (κ1) is 16.4. The van der Waals surface area contributed by atoms with Gasteiger partial charge in [-0.15, -0.1) is 0 Å². The summed E-state index contributed by atoms with van der Waals surface area (Å²) in [6.07, 6.45) is 0.318. The summed E-state index contributed by atoms with van der Waals surface area (Å²) >= 11 is 0. The second-order valence-electron chi connectivity index (χ2n) is 5.07. The van der Waals surface area contributed by atoms with Crippen molar-refractivity contribution < 1.29 is 23.5 Å². The number of likely N-dealkylation sites (N-methyl/N-ethyl adjacent to an activating group) is 1. The van der Waals surface area contributed by atoms with Crippen LogP contribution in [0.5, 0.6) is 0 Å². The highest BCUT2D eigenvalue weighted by Gasteiger charge is 2.39. The Labute approximate surface area is 127 Å². The number of carbonyl (C=O) groups is 2. The Morgan fingerprint density at radius 3 is 2.73 bits per heavy atom. The van der Waals surface area contributed by atoms with Crippen molar-refractivity contribution in [2.24, 2.45) is 5.92 Å². The molecule has 1 aliphatic heterocycles. The third-order valence-electron chi connectivity index (χ3n) is 3.78.